The Bertz CT molecular complexity index is 451. The number of hydrogen-bond acceptors (Lipinski definition) is 3. The summed E-state index contributed by atoms with van der Waals surface area (Å²) in [6, 6.07) is 4.56. The second-order valence-electron chi connectivity index (χ2n) is 4.74. The number of amides is 1. The lowest BCUT2D eigenvalue weighted by Gasteiger charge is -2.26. The number of primary amides is 1. The van der Waals surface area contributed by atoms with E-state index < -0.39 is 11.4 Å². The summed E-state index contributed by atoms with van der Waals surface area (Å²) >= 11 is 0. The third-order valence-corrected chi connectivity index (χ3v) is 3.11. The predicted octanol–water partition coefficient (Wildman–Crippen LogP) is 1.76. The fourth-order valence-electron chi connectivity index (χ4n) is 1.77. The summed E-state index contributed by atoms with van der Waals surface area (Å²) in [5, 5.41) is 3.05. The van der Waals surface area contributed by atoms with Crippen molar-refractivity contribution in [3.63, 3.8) is 0 Å². The first-order valence-electron chi connectivity index (χ1n) is 6.33. The second-order valence-corrected chi connectivity index (χ2v) is 4.74. The Balaban J connectivity index is 2.57. The van der Waals surface area contributed by atoms with Crippen LogP contribution in [0.4, 0.5) is 4.39 Å². The maximum atomic E-state index is 13.1. The van der Waals surface area contributed by atoms with Gasteiger partial charge in [-0.3, -0.25) is 4.79 Å². The molecule has 0 aromatic heterocycles. The molecule has 1 aromatic carbocycles. The summed E-state index contributed by atoms with van der Waals surface area (Å²) in [5.74, 6) is -0.0857. The smallest absolute Gasteiger partial charge is 0.237 e. The first-order valence-corrected chi connectivity index (χ1v) is 6.33. The van der Waals surface area contributed by atoms with Crippen molar-refractivity contribution in [3.8, 4) is 5.75 Å². The molecule has 0 heterocycles. The minimum atomic E-state index is -0.788. The first-order chi connectivity index (χ1) is 8.89. The Morgan fingerprint density at radius 2 is 2.21 bits per heavy atom. The van der Waals surface area contributed by atoms with Gasteiger partial charge in [0.05, 0.1) is 12.1 Å². The Labute approximate surface area is 113 Å². The van der Waals surface area contributed by atoms with Crippen LogP contribution in [-0.2, 0) is 4.79 Å². The lowest BCUT2D eigenvalue weighted by Crippen LogP contribution is -2.53. The lowest BCUT2D eigenvalue weighted by molar-refractivity contribution is -0.124. The SMILES string of the molecule is CCNC(C)(CCOc1ccc(F)c(C)c1)C(N)=O. The molecule has 1 aromatic rings. The number of halogens is 1. The number of carbonyl (C=O) groups excluding carboxylic acids is 1. The molecular weight excluding hydrogens is 247 g/mol. The van der Waals surface area contributed by atoms with E-state index in [4.69, 9.17) is 10.5 Å². The van der Waals surface area contributed by atoms with Gasteiger partial charge in [-0.15, -0.1) is 0 Å². The minimum absolute atomic E-state index is 0.262. The third-order valence-electron chi connectivity index (χ3n) is 3.11. The molecule has 1 unspecified atom stereocenters. The zero-order chi connectivity index (χ0) is 14.5. The van der Waals surface area contributed by atoms with Crippen LogP contribution in [0.5, 0.6) is 5.75 Å². The van der Waals surface area contributed by atoms with Crippen molar-refractivity contribution in [3.05, 3.63) is 29.6 Å². The van der Waals surface area contributed by atoms with E-state index in [1.165, 1.54) is 6.07 Å². The molecule has 3 N–H and O–H groups in total. The van der Waals surface area contributed by atoms with Gasteiger partial charge in [0.1, 0.15) is 11.6 Å². The number of benzene rings is 1. The van der Waals surface area contributed by atoms with Gasteiger partial charge in [0.25, 0.3) is 0 Å². The topological polar surface area (TPSA) is 64.3 Å². The summed E-state index contributed by atoms with van der Waals surface area (Å²) in [5.41, 5.74) is 5.12. The van der Waals surface area contributed by atoms with E-state index in [9.17, 15) is 9.18 Å². The molecule has 1 atom stereocenters. The van der Waals surface area contributed by atoms with Gasteiger partial charge in [0, 0.05) is 6.42 Å². The van der Waals surface area contributed by atoms with E-state index in [2.05, 4.69) is 5.32 Å². The van der Waals surface area contributed by atoms with Crippen LogP contribution in [0.1, 0.15) is 25.8 Å². The largest absolute Gasteiger partial charge is 0.493 e. The van der Waals surface area contributed by atoms with Crippen molar-refractivity contribution in [2.24, 2.45) is 5.73 Å². The normalized spacial score (nSPS) is 13.9. The van der Waals surface area contributed by atoms with Crippen LogP contribution in [0.2, 0.25) is 0 Å². The molecule has 4 nitrogen and oxygen atoms in total. The lowest BCUT2D eigenvalue weighted by atomic mass is 9.97. The monoisotopic (exact) mass is 268 g/mol. The number of nitrogens with one attached hydrogen (secondary N) is 1. The molecule has 1 rings (SSSR count). The molecule has 19 heavy (non-hydrogen) atoms. The standard InChI is InChI=1S/C14H21FN2O2/c1-4-17-14(3,13(16)18)7-8-19-11-5-6-12(15)10(2)9-11/h5-6,9,17H,4,7-8H2,1-3H3,(H2,16,18). The molecule has 0 aliphatic heterocycles. The van der Waals surface area contributed by atoms with Gasteiger partial charge in [0.15, 0.2) is 0 Å². The van der Waals surface area contributed by atoms with E-state index in [1.807, 2.05) is 6.92 Å². The average molecular weight is 268 g/mol. The number of ether oxygens (including phenoxy) is 1. The van der Waals surface area contributed by atoms with E-state index in [-0.39, 0.29) is 5.82 Å². The molecule has 5 heteroatoms. The van der Waals surface area contributed by atoms with Crippen molar-refractivity contribution in [2.45, 2.75) is 32.7 Å². The first kappa shape index (κ1) is 15.4. The molecule has 0 aliphatic carbocycles. The molecule has 0 saturated carbocycles. The number of aryl methyl sites for hydroxylation is 1. The molecule has 0 aliphatic rings. The Morgan fingerprint density at radius 3 is 2.74 bits per heavy atom. The zero-order valence-electron chi connectivity index (χ0n) is 11.6. The number of carbonyl (C=O) groups is 1. The van der Waals surface area contributed by atoms with Crippen molar-refractivity contribution < 1.29 is 13.9 Å². The van der Waals surface area contributed by atoms with Crippen molar-refractivity contribution in [2.75, 3.05) is 13.2 Å². The Hall–Kier alpha value is -1.62. The van der Waals surface area contributed by atoms with Crippen molar-refractivity contribution >= 4 is 5.91 Å². The maximum absolute atomic E-state index is 13.1. The zero-order valence-corrected chi connectivity index (χ0v) is 11.6. The van der Waals surface area contributed by atoms with Crippen LogP contribution < -0.4 is 15.8 Å². The van der Waals surface area contributed by atoms with Crippen LogP contribution in [-0.4, -0.2) is 24.6 Å². The highest BCUT2D eigenvalue weighted by Crippen LogP contribution is 2.17. The van der Waals surface area contributed by atoms with Gasteiger partial charge in [-0.05, 0) is 44.2 Å². The summed E-state index contributed by atoms with van der Waals surface area (Å²) in [4.78, 5) is 11.4. The highest BCUT2D eigenvalue weighted by atomic mass is 19.1. The third kappa shape index (κ3) is 4.21. The van der Waals surface area contributed by atoms with Crippen LogP contribution in [0, 0.1) is 12.7 Å². The van der Waals surface area contributed by atoms with Crippen molar-refractivity contribution in [1.29, 1.82) is 0 Å². The Morgan fingerprint density at radius 1 is 1.53 bits per heavy atom. The van der Waals surface area contributed by atoms with E-state index in [1.54, 1.807) is 26.0 Å². The fraction of sp³-hybridized carbons (Fsp3) is 0.500. The average Bonchev–Trinajstić information content (AvgIpc) is 2.34. The van der Waals surface area contributed by atoms with Gasteiger partial charge in [0.2, 0.25) is 5.91 Å². The summed E-state index contributed by atoms with van der Waals surface area (Å²) in [6.45, 7) is 6.31. The van der Waals surface area contributed by atoms with E-state index in [0.717, 1.165) is 0 Å². The number of rotatable bonds is 7. The quantitative estimate of drug-likeness (QED) is 0.792. The van der Waals surface area contributed by atoms with Gasteiger partial charge >= 0.3 is 0 Å². The van der Waals surface area contributed by atoms with Crippen molar-refractivity contribution in [1.82, 2.24) is 5.32 Å². The molecule has 0 saturated heterocycles. The van der Waals surface area contributed by atoms with E-state index >= 15 is 0 Å². The Kier molecular flexibility index (Phi) is 5.30. The van der Waals surface area contributed by atoms with E-state index in [0.29, 0.717) is 30.9 Å². The number of likely N-dealkylation sites (N-methyl/N-ethyl adjacent to an activating group) is 1. The fourth-order valence-corrected chi connectivity index (χ4v) is 1.77. The molecule has 0 spiro atoms. The summed E-state index contributed by atoms with van der Waals surface area (Å²) in [6.07, 6.45) is 0.451. The van der Waals surface area contributed by atoms with Gasteiger partial charge in [-0.2, -0.15) is 0 Å². The van der Waals surface area contributed by atoms with Gasteiger partial charge < -0.3 is 15.8 Å². The highest BCUT2D eigenvalue weighted by Gasteiger charge is 2.29. The summed E-state index contributed by atoms with van der Waals surface area (Å²) in [7, 11) is 0. The molecule has 0 radical (unpaired) electrons. The predicted molar refractivity (Wildman–Crippen MR) is 72.5 cm³/mol. The molecule has 0 bridgehead atoms. The molecule has 106 valence electrons. The molecule has 0 fully saturated rings. The van der Waals surface area contributed by atoms with Crippen LogP contribution in [0.25, 0.3) is 0 Å². The number of nitrogens with two attached hydrogens (primary N) is 1. The van der Waals surface area contributed by atoms with Crippen LogP contribution >= 0.6 is 0 Å². The minimum Gasteiger partial charge on any atom is -0.493 e. The highest BCUT2D eigenvalue weighted by molar-refractivity contribution is 5.84. The number of hydrogen-bond donors (Lipinski definition) is 2. The molecular formula is C14H21FN2O2. The van der Waals surface area contributed by atoms with Crippen LogP contribution in [0.15, 0.2) is 18.2 Å². The second kappa shape index (κ2) is 6.52. The van der Waals surface area contributed by atoms with Gasteiger partial charge in [-0.1, -0.05) is 6.92 Å². The van der Waals surface area contributed by atoms with Gasteiger partial charge in [-0.25, -0.2) is 4.39 Å². The maximum Gasteiger partial charge on any atom is 0.237 e. The summed E-state index contributed by atoms with van der Waals surface area (Å²) < 4.78 is 18.6. The van der Waals surface area contributed by atoms with Crippen LogP contribution in [0.3, 0.4) is 0 Å². The molecule has 1 amide bonds.